The van der Waals surface area contributed by atoms with Crippen LogP contribution in [0.2, 0.25) is 0 Å². The van der Waals surface area contributed by atoms with E-state index < -0.39 is 0 Å². The summed E-state index contributed by atoms with van der Waals surface area (Å²) in [7, 11) is 5.54. The molecule has 2 heterocycles. The zero-order valence-corrected chi connectivity index (χ0v) is 14.5. The van der Waals surface area contributed by atoms with Crippen LogP contribution < -0.4 is 20.1 Å². The van der Waals surface area contributed by atoms with Gasteiger partial charge >= 0.3 is 0 Å². The molecule has 0 atom stereocenters. The van der Waals surface area contributed by atoms with E-state index in [-0.39, 0.29) is 5.91 Å². The number of rotatable bonds is 7. The Morgan fingerprint density at radius 2 is 2.20 bits per heavy atom. The predicted molar refractivity (Wildman–Crippen MR) is 93.5 cm³/mol. The Labute approximate surface area is 146 Å². The molecule has 0 radical (unpaired) electrons. The number of hydrogen-bond donors (Lipinski definition) is 2. The number of anilines is 2. The molecule has 3 rings (SSSR count). The Bertz CT molecular complexity index is 779. The highest BCUT2D eigenvalue weighted by atomic mass is 16.5. The Balaban J connectivity index is 1.85. The van der Waals surface area contributed by atoms with E-state index in [4.69, 9.17) is 9.47 Å². The third kappa shape index (κ3) is 3.63. The van der Waals surface area contributed by atoms with Crippen LogP contribution in [-0.4, -0.2) is 55.1 Å². The molecule has 0 spiro atoms. The molecule has 132 valence electrons. The maximum Gasteiger partial charge on any atom is 0.252 e. The maximum absolute atomic E-state index is 11.8. The van der Waals surface area contributed by atoms with Crippen LogP contribution in [0, 0.1) is 0 Å². The van der Waals surface area contributed by atoms with Gasteiger partial charge in [0.05, 0.1) is 19.0 Å². The summed E-state index contributed by atoms with van der Waals surface area (Å²) in [5, 5.41) is 6.02. The average Bonchev–Trinajstić information content (AvgIpc) is 2.97. The first kappa shape index (κ1) is 17.0. The molecule has 0 saturated heterocycles. The summed E-state index contributed by atoms with van der Waals surface area (Å²) in [6, 6.07) is 3.57. The maximum atomic E-state index is 11.8. The van der Waals surface area contributed by atoms with E-state index >= 15 is 0 Å². The van der Waals surface area contributed by atoms with Crippen LogP contribution in [0.4, 0.5) is 11.5 Å². The second-order valence-corrected chi connectivity index (χ2v) is 5.87. The van der Waals surface area contributed by atoms with E-state index in [0.29, 0.717) is 41.7 Å². The number of nitrogens with one attached hydrogen (secondary N) is 2. The van der Waals surface area contributed by atoms with Crippen LogP contribution in [0.3, 0.4) is 0 Å². The van der Waals surface area contributed by atoms with E-state index in [1.54, 1.807) is 25.4 Å². The first-order chi connectivity index (χ1) is 12.1. The molecule has 1 aromatic carbocycles. The summed E-state index contributed by atoms with van der Waals surface area (Å²) in [5.74, 6) is 1.63. The minimum absolute atomic E-state index is 0.0883. The van der Waals surface area contributed by atoms with Crippen LogP contribution in [0.15, 0.2) is 24.7 Å². The lowest BCUT2D eigenvalue weighted by atomic mass is 10.1. The zero-order valence-electron chi connectivity index (χ0n) is 14.5. The van der Waals surface area contributed by atoms with Crippen molar-refractivity contribution in [2.75, 3.05) is 39.7 Å². The molecule has 8 nitrogen and oxygen atoms in total. The summed E-state index contributed by atoms with van der Waals surface area (Å²) in [6.07, 6.45) is 3.07. The van der Waals surface area contributed by atoms with E-state index in [1.165, 1.54) is 6.33 Å². The van der Waals surface area contributed by atoms with E-state index in [0.717, 1.165) is 12.1 Å². The number of fused-ring (bicyclic) bond motifs is 1. The van der Waals surface area contributed by atoms with Gasteiger partial charge in [-0.05, 0) is 26.2 Å². The molecule has 0 unspecified atom stereocenters. The summed E-state index contributed by atoms with van der Waals surface area (Å²) in [5.41, 5.74) is 2.18. The van der Waals surface area contributed by atoms with Crippen LogP contribution in [0.1, 0.15) is 15.9 Å². The number of methoxy groups -OCH3 is 1. The van der Waals surface area contributed by atoms with E-state index in [9.17, 15) is 4.79 Å². The van der Waals surface area contributed by atoms with Crippen LogP contribution in [0.25, 0.3) is 0 Å². The Kier molecular flexibility index (Phi) is 4.99. The van der Waals surface area contributed by atoms with Crippen molar-refractivity contribution in [1.82, 2.24) is 20.2 Å². The Morgan fingerprint density at radius 1 is 1.36 bits per heavy atom. The number of benzene rings is 1. The summed E-state index contributed by atoms with van der Waals surface area (Å²) in [4.78, 5) is 22.1. The highest BCUT2D eigenvalue weighted by molar-refractivity contribution is 6.00. The predicted octanol–water partition coefficient (Wildman–Crippen LogP) is 1.41. The smallest absolute Gasteiger partial charge is 0.252 e. The number of aromatic nitrogens is 2. The minimum Gasteiger partial charge on any atom is -0.494 e. The van der Waals surface area contributed by atoms with Gasteiger partial charge in [0.2, 0.25) is 0 Å². The number of amides is 1. The van der Waals surface area contributed by atoms with Crippen molar-refractivity contribution in [3.8, 4) is 11.5 Å². The molecular weight excluding hydrogens is 322 g/mol. The molecule has 1 amide bonds. The topological polar surface area (TPSA) is 88.6 Å². The van der Waals surface area contributed by atoms with Gasteiger partial charge in [0, 0.05) is 24.2 Å². The number of ether oxygens (including phenoxy) is 2. The van der Waals surface area contributed by atoms with Gasteiger partial charge in [-0.1, -0.05) is 0 Å². The molecule has 1 aliphatic heterocycles. The average molecular weight is 343 g/mol. The first-order valence-electron chi connectivity index (χ1n) is 7.92. The van der Waals surface area contributed by atoms with Gasteiger partial charge in [-0.15, -0.1) is 0 Å². The fourth-order valence-electron chi connectivity index (χ4n) is 2.59. The van der Waals surface area contributed by atoms with Crippen molar-refractivity contribution in [3.63, 3.8) is 0 Å². The summed E-state index contributed by atoms with van der Waals surface area (Å²) < 4.78 is 11.3. The molecular formula is C17H21N5O3. The highest BCUT2D eigenvalue weighted by Crippen LogP contribution is 2.36. The van der Waals surface area contributed by atoms with Gasteiger partial charge in [-0.3, -0.25) is 4.79 Å². The molecule has 1 aromatic heterocycles. The number of hydrogen-bond acceptors (Lipinski definition) is 7. The van der Waals surface area contributed by atoms with Gasteiger partial charge in [0.25, 0.3) is 5.91 Å². The van der Waals surface area contributed by atoms with E-state index in [2.05, 4.69) is 20.6 Å². The molecule has 8 heteroatoms. The number of carbonyl (C=O) groups is 1. The fourth-order valence-corrected chi connectivity index (χ4v) is 2.59. The van der Waals surface area contributed by atoms with Crippen molar-refractivity contribution in [3.05, 3.63) is 35.8 Å². The van der Waals surface area contributed by atoms with Gasteiger partial charge in [0.1, 0.15) is 18.7 Å². The molecule has 2 aromatic rings. The van der Waals surface area contributed by atoms with Crippen molar-refractivity contribution < 1.29 is 14.3 Å². The second-order valence-electron chi connectivity index (χ2n) is 5.87. The lowest BCUT2D eigenvalue weighted by Gasteiger charge is -2.16. The normalized spacial score (nSPS) is 12.7. The standard InChI is InChI=1S/C17H21N5O3/c1-22(2)6-7-25-14-9-18-10-20-16(14)21-13-5-4-11-12(15(13)24-3)8-19-17(11)23/h4-5,9-10H,6-8H2,1-3H3,(H,19,23)(H,18,20,21). The lowest BCUT2D eigenvalue weighted by Crippen LogP contribution is -2.19. The number of likely N-dealkylation sites (N-methyl/N-ethyl adjacent to an activating group) is 1. The van der Waals surface area contributed by atoms with Crippen LogP contribution in [-0.2, 0) is 6.54 Å². The quantitative estimate of drug-likeness (QED) is 0.786. The van der Waals surface area contributed by atoms with Gasteiger partial charge < -0.3 is 25.0 Å². The molecule has 0 aliphatic carbocycles. The number of nitrogens with zero attached hydrogens (tertiary/aromatic N) is 3. The van der Waals surface area contributed by atoms with Gasteiger partial charge in [-0.25, -0.2) is 9.97 Å². The number of carbonyl (C=O) groups excluding carboxylic acids is 1. The molecule has 0 fully saturated rings. The third-order valence-corrected chi connectivity index (χ3v) is 3.86. The lowest BCUT2D eigenvalue weighted by molar-refractivity contribution is 0.0966. The molecule has 2 N–H and O–H groups in total. The molecule has 0 bridgehead atoms. The van der Waals surface area contributed by atoms with Crippen molar-refractivity contribution in [2.45, 2.75) is 6.54 Å². The fraction of sp³-hybridized carbons (Fsp3) is 0.353. The molecule has 0 saturated carbocycles. The van der Waals surface area contributed by atoms with Gasteiger partial charge in [-0.2, -0.15) is 0 Å². The first-order valence-corrected chi connectivity index (χ1v) is 7.92. The third-order valence-electron chi connectivity index (χ3n) is 3.86. The SMILES string of the molecule is COc1c(Nc2ncncc2OCCN(C)C)ccc2c1CNC2=O. The van der Waals surface area contributed by atoms with Crippen LogP contribution >= 0.6 is 0 Å². The zero-order chi connectivity index (χ0) is 17.8. The van der Waals surface area contributed by atoms with Crippen molar-refractivity contribution in [1.29, 1.82) is 0 Å². The summed E-state index contributed by atoms with van der Waals surface area (Å²) >= 11 is 0. The second kappa shape index (κ2) is 7.35. The molecule has 1 aliphatic rings. The summed E-state index contributed by atoms with van der Waals surface area (Å²) in [6.45, 7) is 1.75. The van der Waals surface area contributed by atoms with Crippen molar-refractivity contribution in [2.24, 2.45) is 0 Å². The van der Waals surface area contributed by atoms with Crippen molar-refractivity contribution >= 4 is 17.4 Å². The Morgan fingerprint density at radius 3 is 2.96 bits per heavy atom. The Hall–Kier alpha value is -2.87. The van der Waals surface area contributed by atoms with Gasteiger partial charge in [0.15, 0.2) is 11.6 Å². The molecule has 25 heavy (non-hydrogen) atoms. The minimum atomic E-state index is -0.0883. The monoisotopic (exact) mass is 343 g/mol. The van der Waals surface area contributed by atoms with Crippen LogP contribution in [0.5, 0.6) is 11.5 Å². The largest absolute Gasteiger partial charge is 0.494 e. The highest BCUT2D eigenvalue weighted by Gasteiger charge is 2.25. The van der Waals surface area contributed by atoms with E-state index in [1.807, 2.05) is 19.0 Å².